The maximum Gasteiger partial charge on any atom is 0.307 e. The Hall–Kier alpha value is -0.760. The minimum atomic E-state index is -0.750. The van der Waals surface area contributed by atoms with Crippen molar-refractivity contribution in [1.29, 1.82) is 0 Å². The molecule has 3 unspecified atom stereocenters. The fourth-order valence-corrected chi connectivity index (χ4v) is 2.60. The molecule has 1 aliphatic carbocycles. The van der Waals surface area contributed by atoms with E-state index in [9.17, 15) is 4.79 Å². The van der Waals surface area contributed by atoms with Gasteiger partial charge >= 0.3 is 5.97 Å². The number of carboxylic acid groups (broad SMARTS) is 1. The molecule has 3 atom stereocenters. The molecule has 84 valence electrons. The van der Waals surface area contributed by atoms with Gasteiger partial charge in [0.2, 0.25) is 0 Å². The summed E-state index contributed by atoms with van der Waals surface area (Å²) in [5, 5.41) is 9.82. The molecule has 15 heavy (non-hydrogen) atoms. The second kappa shape index (κ2) is 4.40. The molecule has 0 spiro atoms. The van der Waals surface area contributed by atoms with Crippen molar-refractivity contribution < 1.29 is 9.90 Å². The Morgan fingerprint density at radius 2 is 2.33 bits per heavy atom. The topological polar surface area (TPSA) is 37.3 Å². The molecule has 0 saturated carbocycles. The largest absolute Gasteiger partial charge is 0.481 e. The highest BCUT2D eigenvalue weighted by Gasteiger charge is 2.41. The third kappa shape index (κ3) is 2.10. The fourth-order valence-electron chi connectivity index (χ4n) is 2.35. The van der Waals surface area contributed by atoms with Gasteiger partial charge in [0, 0.05) is 10.4 Å². The molecule has 0 radical (unpaired) electrons. The first kappa shape index (κ1) is 12.3. The maximum absolute atomic E-state index is 11.1. The first-order valence-corrected chi connectivity index (χ1v) is 5.61. The molecule has 0 heterocycles. The monoisotopic (exact) mass is 228 g/mol. The zero-order chi connectivity index (χ0) is 11.6. The molecule has 0 aliphatic heterocycles. The van der Waals surface area contributed by atoms with Crippen LogP contribution in [0.4, 0.5) is 0 Å². The van der Waals surface area contributed by atoms with E-state index < -0.39 is 11.9 Å². The number of allylic oxidation sites excluding steroid dienone is 4. The van der Waals surface area contributed by atoms with Crippen molar-refractivity contribution in [3.8, 4) is 0 Å². The van der Waals surface area contributed by atoms with Gasteiger partial charge in [-0.2, -0.15) is 0 Å². The van der Waals surface area contributed by atoms with Crippen LogP contribution in [0.25, 0.3) is 0 Å². The molecular weight excluding hydrogens is 212 g/mol. The Kier molecular flexibility index (Phi) is 3.61. The standard InChI is InChI=1S/C12H17ClO2/c1-4-12(9(3)11(14)15)6-5-10(13)7-8(12)2/h5-9H,4H2,1-3H3,(H,14,15). The minimum absolute atomic E-state index is 0.158. The minimum Gasteiger partial charge on any atom is -0.481 e. The summed E-state index contributed by atoms with van der Waals surface area (Å²) in [5.41, 5.74) is -0.301. The lowest BCUT2D eigenvalue weighted by atomic mass is 9.64. The Morgan fingerprint density at radius 3 is 2.73 bits per heavy atom. The Labute approximate surface area is 95.6 Å². The molecule has 3 heteroatoms. The van der Waals surface area contributed by atoms with E-state index in [4.69, 9.17) is 16.7 Å². The van der Waals surface area contributed by atoms with Gasteiger partial charge in [-0.05, 0) is 18.4 Å². The molecule has 0 bridgehead atoms. The van der Waals surface area contributed by atoms with Crippen LogP contribution in [0.1, 0.15) is 27.2 Å². The van der Waals surface area contributed by atoms with Crippen LogP contribution >= 0.6 is 11.6 Å². The smallest absolute Gasteiger partial charge is 0.307 e. The van der Waals surface area contributed by atoms with Gasteiger partial charge in [-0.3, -0.25) is 4.79 Å². The first-order chi connectivity index (χ1) is 6.94. The molecule has 2 nitrogen and oxygen atoms in total. The van der Waals surface area contributed by atoms with E-state index in [0.717, 1.165) is 6.42 Å². The van der Waals surface area contributed by atoms with E-state index >= 15 is 0 Å². The highest BCUT2D eigenvalue weighted by atomic mass is 35.5. The van der Waals surface area contributed by atoms with Gasteiger partial charge in [0.1, 0.15) is 0 Å². The Bertz CT molecular complexity index is 320. The average molecular weight is 229 g/mol. The Balaban J connectivity index is 3.07. The molecule has 0 aromatic carbocycles. The molecule has 0 saturated heterocycles. The van der Waals surface area contributed by atoms with Crippen molar-refractivity contribution in [2.24, 2.45) is 17.3 Å². The van der Waals surface area contributed by atoms with Gasteiger partial charge in [0.25, 0.3) is 0 Å². The van der Waals surface area contributed by atoms with Crippen molar-refractivity contribution >= 4 is 17.6 Å². The van der Waals surface area contributed by atoms with Gasteiger partial charge < -0.3 is 5.11 Å². The third-order valence-electron chi connectivity index (χ3n) is 3.60. The van der Waals surface area contributed by atoms with E-state index in [1.165, 1.54) is 0 Å². The number of hydrogen-bond donors (Lipinski definition) is 1. The summed E-state index contributed by atoms with van der Waals surface area (Å²) >= 11 is 5.91. The predicted molar refractivity (Wildman–Crippen MR) is 61.8 cm³/mol. The lowest BCUT2D eigenvalue weighted by Crippen LogP contribution is -2.38. The van der Waals surface area contributed by atoms with E-state index in [1.807, 2.05) is 32.1 Å². The van der Waals surface area contributed by atoms with Crippen LogP contribution in [0.3, 0.4) is 0 Å². The summed E-state index contributed by atoms with van der Waals surface area (Å²) < 4.78 is 0. The van der Waals surface area contributed by atoms with Gasteiger partial charge in [-0.25, -0.2) is 0 Å². The summed E-state index contributed by atoms with van der Waals surface area (Å²) in [6, 6.07) is 0. The van der Waals surface area contributed by atoms with Crippen LogP contribution in [-0.4, -0.2) is 11.1 Å². The number of carbonyl (C=O) groups is 1. The summed E-state index contributed by atoms with van der Waals surface area (Å²) in [4.78, 5) is 11.1. The fraction of sp³-hybridized carbons (Fsp3) is 0.583. The SMILES string of the molecule is CCC1(C(C)C(=O)O)C=CC(Cl)=CC1C. The van der Waals surface area contributed by atoms with E-state index in [2.05, 4.69) is 0 Å². The summed E-state index contributed by atoms with van der Waals surface area (Å²) in [6.45, 7) is 5.81. The molecule has 0 aromatic heterocycles. The molecule has 0 aromatic rings. The summed E-state index contributed by atoms with van der Waals surface area (Å²) in [6.07, 6.45) is 6.51. The van der Waals surface area contributed by atoms with Crippen molar-refractivity contribution in [1.82, 2.24) is 0 Å². The third-order valence-corrected chi connectivity index (χ3v) is 3.85. The van der Waals surface area contributed by atoms with Gasteiger partial charge in [-0.1, -0.05) is 44.5 Å². The van der Waals surface area contributed by atoms with Crippen molar-refractivity contribution in [2.75, 3.05) is 0 Å². The second-order valence-electron chi connectivity index (χ2n) is 4.20. The zero-order valence-electron chi connectivity index (χ0n) is 9.33. The Morgan fingerprint density at radius 1 is 1.73 bits per heavy atom. The number of carboxylic acids is 1. The second-order valence-corrected chi connectivity index (χ2v) is 4.64. The van der Waals surface area contributed by atoms with Crippen molar-refractivity contribution in [3.05, 3.63) is 23.3 Å². The van der Waals surface area contributed by atoms with Crippen molar-refractivity contribution in [3.63, 3.8) is 0 Å². The molecular formula is C12H17ClO2. The zero-order valence-corrected chi connectivity index (χ0v) is 10.1. The van der Waals surface area contributed by atoms with Gasteiger partial charge in [0.15, 0.2) is 0 Å². The lowest BCUT2D eigenvalue weighted by Gasteiger charge is -2.39. The van der Waals surface area contributed by atoms with Crippen LogP contribution in [-0.2, 0) is 4.79 Å². The van der Waals surface area contributed by atoms with E-state index in [0.29, 0.717) is 5.03 Å². The summed E-state index contributed by atoms with van der Waals surface area (Å²) in [7, 11) is 0. The molecule has 0 fully saturated rings. The van der Waals surface area contributed by atoms with Gasteiger partial charge in [-0.15, -0.1) is 0 Å². The quantitative estimate of drug-likeness (QED) is 0.804. The normalized spacial score (nSPS) is 32.3. The van der Waals surface area contributed by atoms with Crippen LogP contribution in [0.15, 0.2) is 23.3 Å². The number of halogens is 1. The van der Waals surface area contributed by atoms with Crippen LogP contribution in [0.5, 0.6) is 0 Å². The van der Waals surface area contributed by atoms with Crippen LogP contribution < -0.4 is 0 Å². The molecule has 1 N–H and O–H groups in total. The number of rotatable bonds is 3. The van der Waals surface area contributed by atoms with E-state index in [1.54, 1.807) is 6.92 Å². The van der Waals surface area contributed by atoms with Crippen molar-refractivity contribution in [2.45, 2.75) is 27.2 Å². The highest BCUT2D eigenvalue weighted by molar-refractivity contribution is 6.31. The first-order valence-electron chi connectivity index (χ1n) is 5.23. The molecule has 1 aliphatic rings. The summed E-state index contributed by atoms with van der Waals surface area (Å²) in [5.74, 6) is -0.986. The van der Waals surface area contributed by atoms with Gasteiger partial charge in [0.05, 0.1) is 5.92 Å². The van der Waals surface area contributed by atoms with Crippen LogP contribution in [0.2, 0.25) is 0 Å². The average Bonchev–Trinajstić information content (AvgIpc) is 2.18. The maximum atomic E-state index is 11.1. The number of aliphatic carboxylic acids is 1. The van der Waals surface area contributed by atoms with E-state index in [-0.39, 0.29) is 11.3 Å². The number of hydrogen-bond acceptors (Lipinski definition) is 1. The molecule has 1 rings (SSSR count). The molecule has 0 amide bonds. The van der Waals surface area contributed by atoms with Crippen LogP contribution in [0, 0.1) is 17.3 Å². The highest BCUT2D eigenvalue weighted by Crippen LogP contribution is 2.45. The lowest BCUT2D eigenvalue weighted by molar-refractivity contribution is -0.145. The predicted octanol–water partition coefficient (Wildman–Crippen LogP) is 3.43.